The molecule has 0 aromatic carbocycles. The van der Waals surface area contributed by atoms with Gasteiger partial charge in [-0.25, -0.2) is 0 Å². The Morgan fingerprint density at radius 3 is 2.56 bits per heavy atom. The second-order valence-corrected chi connectivity index (χ2v) is 2.27. The van der Waals surface area contributed by atoms with Crippen molar-refractivity contribution in [1.29, 1.82) is 0 Å². The molecule has 0 aliphatic carbocycles. The van der Waals surface area contributed by atoms with E-state index in [0.717, 1.165) is 0 Å². The van der Waals surface area contributed by atoms with Gasteiger partial charge < -0.3 is 4.52 Å². The van der Waals surface area contributed by atoms with Crippen molar-refractivity contribution in [3.8, 4) is 0 Å². The maximum Gasteiger partial charge on any atom is 0.280 e. The lowest BCUT2D eigenvalue weighted by atomic mass is 10.2. The van der Waals surface area contributed by atoms with Crippen LogP contribution in [0.25, 0.3) is 0 Å². The van der Waals surface area contributed by atoms with E-state index < -0.39 is 0 Å². The normalized spacial score (nSPS) is 10.6. The zero-order chi connectivity index (χ0) is 6.85. The maximum atomic E-state index is 10.4. The molecular weight excluding hydrogens is 118 g/mol. The third-order valence-electron chi connectivity index (χ3n) is 1.11. The molecule has 1 heterocycles. The van der Waals surface area contributed by atoms with Gasteiger partial charge in [-0.05, 0) is 0 Å². The molecule has 1 rings (SSSR count). The highest BCUT2D eigenvalue weighted by Crippen LogP contribution is 2.09. The van der Waals surface area contributed by atoms with Gasteiger partial charge in [-0.3, -0.25) is 4.79 Å². The number of H-pyrrole nitrogens is 1. The Balaban J connectivity index is 2.98. The second kappa shape index (κ2) is 2.09. The monoisotopic (exact) mass is 127 g/mol. The average molecular weight is 127 g/mol. The number of hydrogen-bond donors (Lipinski definition) is 1. The standard InChI is InChI=1S/C6H9NO2/c1-4(2)5-3-6(8)7-9-5/h3-4H,1-2H3,(H,7,8). The molecule has 1 aromatic heterocycles. The fourth-order valence-corrected chi connectivity index (χ4v) is 0.582. The third-order valence-corrected chi connectivity index (χ3v) is 1.11. The minimum absolute atomic E-state index is 0.168. The van der Waals surface area contributed by atoms with Crippen molar-refractivity contribution < 1.29 is 4.52 Å². The Morgan fingerprint density at radius 2 is 2.33 bits per heavy atom. The van der Waals surface area contributed by atoms with Gasteiger partial charge in [0.15, 0.2) is 0 Å². The van der Waals surface area contributed by atoms with Crippen molar-refractivity contribution in [2.24, 2.45) is 0 Å². The molecule has 1 aromatic rings. The van der Waals surface area contributed by atoms with Crippen molar-refractivity contribution in [2.45, 2.75) is 19.8 Å². The molecule has 0 saturated heterocycles. The molecule has 0 aliphatic rings. The summed E-state index contributed by atoms with van der Waals surface area (Å²) in [6.07, 6.45) is 0. The Bertz CT molecular complexity index is 233. The summed E-state index contributed by atoms with van der Waals surface area (Å²) in [5.41, 5.74) is -0.168. The van der Waals surface area contributed by atoms with Crippen LogP contribution in [0.4, 0.5) is 0 Å². The molecule has 0 aliphatic heterocycles. The molecule has 3 nitrogen and oxygen atoms in total. The van der Waals surface area contributed by atoms with Crippen molar-refractivity contribution in [1.82, 2.24) is 5.16 Å². The first-order chi connectivity index (χ1) is 4.20. The van der Waals surface area contributed by atoms with Crippen LogP contribution in [0.1, 0.15) is 25.5 Å². The van der Waals surface area contributed by atoms with Crippen LogP contribution in [-0.4, -0.2) is 5.16 Å². The molecule has 1 N–H and O–H groups in total. The molecular formula is C6H9NO2. The van der Waals surface area contributed by atoms with Crippen molar-refractivity contribution >= 4 is 0 Å². The molecule has 0 bridgehead atoms. The van der Waals surface area contributed by atoms with E-state index in [-0.39, 0.29) is 11.5 Å². The lowest BCUT2D eigenvalue weighted by Crippen LogP contribution is -1.93. The summed E-state index contributed by atoms with van der Waals surface area (Å²) in [4.78, 5) is 10.4. The summed E-state index contributed by atoms with van der Waals surface area (Å²) in [6, 6.07) is 1.46. The zero-order valence-corrected chi connectivity index (χ0v) is 5.47. The van der Waals surface area contributed by atoms with Crippen LogP contribution in [0, 0.1) is 0 Å². The van der Waals surface area contributed by atoms with Gasteiger partial charge in [0.1, 0.15) is 5.76 Å². The number of rotatable bonds is 1. The fraction of sp³-hybridized carbons (Fsp3) is 0.500. The first-order valence-electron chi connectivity index (χ1n) is 2.88. The summed E-state index contributed by atoms with van der Waals surface area (Å²) in [5, 5.41) is 2.22. The average Bonchev–Trinajstić information content (AvgIpc) is 2.14. The first kappa shape index (κ1) is 6.13. The van der Waals surface area contributed by atoms with Gasteiger partial charge in [-0.2, -0.15) is 5.16 Å². The lowest BCUT2D eigenvalue weighted by Gasteiger charge is -1.92. The smallest absolute Gasteiger partial charge is 0.280 e. The highest BCUT2D eigenvalue weighted by molar-refractivity contribution is 4.98. The summed E-state index contributed by atoms with van der Waals surface area (Å²) >= 11 is 0. The Morgan fingerprint density at radius 1 is 1.67 bits per heavy atom. The predicted molar refractivity (Wildman–Crippen MR) is 33.4 cm³/mol. The summed E-state index contributed by atoms with van der Waals surface area (Å²) in [5.74, 6) is 0.990. The van der Waals surface area contributed by atoms with Crippen LogP contribution in [-0.2, 0) is 0 Å². The molecule has 0 radical (unpaired) electrons. The van der Waals surface area contributed by atoms with Crippen molar-refractivity contribution in [2.75, 3.05) is 0 Å². The Labute approximate surface area is 52.7 Å². The van der Waals surface area contributed by atoms with Gasteiger partial charge in [0.05, 0.1) is 0 Å². The summed E-state index contributed by atoms with van der Waals surface area (Å²) < 4.78 is 4.79. The summed E-state index contributed by atoms with van der Waals surface area (Å²) in [6.45, 7) is 3.93. The van der Waals surface area contributed by atoms with Gasteiger partial charge in [-0.1, -0.05) is 13.8 Å². The third kappa shape index (κ3) is 1.22. The number of nitrogens with one attached hydrogen (secondary N) is 1. The molecule has 50 valence electrons. The SMILES string of the molecule is CC(C)c1cc(=O)[nH]o1. The van der Waals surface area contributed by atoms with Crippen LogP contribution in [0.15, 0.2) is 15.4 Å². The first-order valence-corrected chi connectivity index (χ1v) is 2.88. The van der Waals surface area contributed by atoms with Crippen LogP contribution in [0.3, 0.4) is 0 Å². The van der Waals surface area contributed by atoms with E-state index in [2.05, 4.69) is 5.16 Å². The van der Waals surface area contributed by atoms with E-state index in [1.165, 1.54) is 6.07 Å². The molecule has 3 heteroatoms. The molecule has 0 amide bonds. The van der Waals surface area contributed by atoms with Crippen molar-refractivity contribution in [3.63, 3.8) is 0 Å². The highest BCUT2D eigenvalue weighted by atomic mass is 16.5. The van der Waals surface area contributed by atoms with E-state index in [9.17, 15) is 4.79 Å². The van der Waals surface area contributed by atoms with Gasteiger partial charge in [0, 0.05) is 12.0 Å². The van der Waals surface area contributed by atoms with E-state index in [1.807, 2.05) is 13.8 Å². The minimum Gasteiger partial charge on any atom is -0.383 e. The Hall–Kier alpha value is -0.990. The highest BCUT2D eigenvalue weighted by Gasteiger charge is 2.02. The summed E-state index contributed by atoms with van der Waals surface area (Å²) in [7, 11) is 0. The molecule has 0 spiro atoms. The molecule has 0 unspecified atom stereocenters. The number of hydrogen-bond acceptors (Lipinski definition) is 2. The quantitative estimate of drug-likeness (QED) is 0.613. The van der Waals surface area contributed by atoms with E-state index in [0.29, 0.717) is 5.76 Å². The molecule has 9 heavy (non-hydrogen) atoms. The fourth-order valence-electron chi connectivity index (χ4n) is 0.582. The number of aromatic amines is 1. The lowest BCUT2D eigenvalue weighted by molar-refractivity contribution is 0.367. The van der Waals surface area contributed by atoms with E-state index in [1.54, 1.807) is 0 Å². The zero-order valence-electron chi connectivity index (χ0n) is 5.47. The maximum absolute atomic E-state index is 10.4. The van der Waals surface area contributed by atoms with Gasteiger partial charge >= 0.3 is 0 Å². The van der Waals surface area contributed by atoms with Gasteiger partial charge in [-0.15, -0.1) is 0 Å². The van der Waals surface area contributed by atoms with Gasteiger partial charge in [0.2, 0.25) is 0 Å². The van der Waals surface area contributed by atoms with Crippen LogP contribution in [0.2, 0.25) is 0 Å². The topological polar surface area (TPSA) is 46.0 Å². The number of aromatic nitrogens is 1. The minimum atomic E-state index is -0.168. The molecule has 0 saturated carbocycles. The largest absolute Gasteiger partial charge is 0.383 e. The molecule has 0 fully saturated rings. The van der Waals surface area contributed by atoms with E-state index in [4.69, 9.17) is 4.52 Å². The molecule has 0 atom stereocenters. The second-order valence-electron chi connectivity index (χ2n) is 2.27. The Kier molecular flexibility index (Phi) is 1.42. The van der Waals surface area contributed by atoms with Crippen LogP contribution in [0.5, 0.6) is 0 Å². The van der Waals surface area contributed by atoms with Crippen LogP contribution < -0.4 is 5.56 Å². The van der Waals surface area contributed by atoms with E-state index >= 15 is 0 Å². The van der Waals surface area contributed by atoms with Crippen molar-refractivity contribution in [3.05, 3.63) is 22.2 Å². The van der Waals surface area contributed by atoms with Gasteiger partial charge in [0.25, 0.3) is 5.56 Å². The van der Waals surface area contributed by atoms with Crippen LogP contribution >= 0.6 is 0 Å². The predicted octanol–water partition coefficient (Wildman–Crippen LogP) is 1.09.